The molecule has 1 N–H and O–H groups in total. The van der Waals surface area contributed by atoms with Gasteiger partial charge in [-0.05, 0) is 74.6 Å². The minimum Gasteiger partial charge on any atom is -0.368 e. The summed E-state index contributed by atoms with van der Waals surface area (Å²) >= 11 is 1.92. The van der Waals surface area contributed by atoms with Crippen molar-refractivity contribution in [3.8, 4) is 11.1 Å². The van der Waals surface area contributed by atoms with E-state index >= 15 is 0 Å². The molecule has 0 fully saturated rings. The highest BCUT2D eigenvalue weighted by atomic mass is 32.2. The first-order valence-electron chi connectivity index (χ1n) is 15.7. The molecule has 1 aliphatic rings. The number of para-hydroxylation sites is 1. The number of nitrogens with one attached hydrogen (secondary N) is 1. The van der Waals surface area contributed by atoms with Crippen LogP contribution in [0.2, 0.25) is 0 Å². The fourth-order valence-corrected chi connectivity index (χ4v) is 8.16. The molecule has 0 spiro atoms. The highest BCUT2D eigenvalue weighted by Crippen LogP contribution is 2.53. The van der Waals surface area contributed by atoms with Crippen molar-refractivity contribution in [2.24, 2.45) is 0 Å². The van der Waals surface area contributed by atoms with Crippen LogP contribution in [0.4, 0.5) is 22.7 Å². The summed E-state index contributed by atoms with van der Waals surface area (Å²) in [5.74, 6) is 0. The van der Waals surface area contributed by atoms with Gasteiger partial charge in [-0.2, -0.15) is 0 Å². The first-order valence-corrected chi connectivity index (χ1v) is 16.6. The van der Waals surface area contributed by atoms with Crippen molar-refractivity contribution in [2.75, 3.05) is 10.2 Å². The zero-order valence-electron chi connectivity index (χ0n) is 25.1. The average Bonchev–Trinajstić information content (AvgIpc) is 3.59. The van der Waals surface area contributed by atoms with Gasteiger partial charge in [0, 0.05) is 27.0 Å². The van der Waals surface area contributed by atoms with Gasteiger partial charge in [-0.1, -0.05) is 145 Å². The Labute approximate surface area is 272 Å². The summed E-state index contributed by atoms with van der Waals surface area (Å²) in [5.41, 5.74) is 8.39. The van der Waals surface area contributed by atoms with Crippen LogP contribution in [0.25, 0.3) is 43.4 Å². The second-order valence-corrected chi connectivity index (χ2v) is 12.9. The molecule has 0 bridgehead atoms. The van der Waals surface area contributed by atoms with Crippen molar-refractivity contribution in [2.45, 2.75) is 10.3 Å². The summed E-state index contributed by atoms with van der Waals surface area (Å²) in [4.78, 5) is 3.68. The lowest BCUT2D eigenvalue weighted by molar-refractivity contribution is 1.14. The minimum absolute atomic E-state index is 0.186. The van der Waals surface area contributed by atoms with Crippen molar-refractivity contribution >= 4 is 66.8 Å². The van der Waals surface area contributed by atoms with E-state index in [9.17, 15) is 0 Å². The molecule has 0 amide bonds. The molecule has 1 unspecified atom stereocenters. The fourth-order valence-electron chi connectivity index (χ4n) is 6.87. The molecule has 46 heavy (non-hydrogen) atoms. The molecule has 1 atom stereocenters. The number of hydrogen-bond acceptors (Lipinski definition) is 3. The normalized spacial score (nSPS) is 14.0. The van der Waals surface area contributed by atoms with Crippen LogP contribution in [0, 0.1) is 0 Å². The quantitative estimate of drug-likeness (QED) is 0.196. The van der Waals surface area contributed by atoms with E-state index in [4.69, 9.17) is 0 Å². The van der Waals surface area contributed by atoms with Crippen LogP contribution in [0.5, 0.6) is 0 Å². The summed E-state index contributed by atoms with van der Waals surface area (Å²) < 4.78 is 0. The Morgan fingerprint density at radius 3 is 1.87 bits per heavy atom. The van der Waals surface area contributed by atoms with Gasteiger partial charge in [-0.25, -0.2) is 0 Å². The topological polar surface area (TPSA) is 15.3 Å². The third-order valence-corrected chi connectivity index (χ3v) is 10.4. The average molecular weight is 607 g/mol. The first kappa shape index (κ1) is 26.9. The molecule has 2 nitrogen and oxygen atoms in total. The zero-order valence-corrected chi connectivity index (χ0v) is 25.9. The van der Waals surface area contributed by atoms with Gasteiger partial charge >= 0.3 is 0 Å². The van der Waals surface area contributed by atoms with Crippen LogP contribution in [-0.2, 0) is 0 Å². The second kappa shape index (κ2) is 11.1. The highest BCUT2D eigenvalue weighted by molar-refractivity contribution is 8.00. The summed E-state index contributed by atoms with van der Waals surface area (Å²) in [5, 5.41) is 11.7. The maximum Gasteiger partial charge on any atom is 0.103 e. The Balaban J connectivity index is 1.15. The summed E-state index contributed by atoms with van der Waals surface area (Å²) in [6, 6.07) is 61.3. The van der Waals surface area contributed by atoms with Gasteiger partial charge in [-0.15, -0.1) is 0 Å². The number of nitrogens with zero attached hydrogens (tertiary/aromatic N) is 1. The van der Waals surface area contributed by atoms with E-state index in [-0.39, 0.29) is 5.37 Å². The largest absolute Gasteiger partial charge is 0.368 e. The number of anilines is 4. The van der Waals surface area contributed by atoms with Crippen molar-refractivity contribution in [1.82, 2.24) is 0 Å². The molecule has 1 aliphatic heterocycles. The van der Waals surface area contributed by atoms with Crippen LogP contribution >= 0.6 is 11.8 Å². The lowest BCUT2D eigenvalue weighted by Gasteiger charge is -2.27. The Kier molecular flexibility index (Phi) is 6.50. The Morgan fingerprint density at radius 2 is 1.07 bits per heavy atom. The van der Waals surface area contributed by atoms with Crippen LogP contribution in [-0.4, -0.2) is 0 Å². The van der Waals surface area contributed by atoms with Crippen LogP contribution in [0.3, 0.4) is 0 Å². The predicted octanol–water partition coefficient (Wildman–Crippen LogP) is 12.5. The van der Waals surface area contributed by atoms with Gasteiger partial charge in [0.25, 0.3) is 0 Å². The number of fused-ring (bicyclic) bond motifs is 7. The van der Waals surface area contributed by atoms with E-state index in [1.54, 1.807) is 0 Å². The molecule has 8 aromatic carbocycles. The minimum atomic E-state index is 0.186. The zero-order chi connectivity index (χ0) is 30.5. The molecule has 0 aliphatic carbocycles. The number of benzene rings is 8. The van der Waals surface area contributed by atoms with E-state index in [0.717, 1.165) is 11.4 Å². The SMILES string of the molecule is c1ccc(C2Nc3c(c4cc(-c5ccc(N(c6ccccc6)c6cccc7ccccc67)cc5)ccc4c4ccccc34)S2)cc1. The summed E-state index contributed by atoms with van der Waals surface area (Å²) in [6.45, 7) is 0. The van der Waals surface area contributed by atoms with E-state index in [2.05, 4.69) is 180 Å². The van der Waals surface area contributed by atoms with Gasteiger partial charge in [0.15, 0.2) is 0 Å². The fraction of sp³-hybridized carbons (Fsp3) is 0.0233. The smallest absolute Gasteiger partial charge is 0.103 e. The molecule has 0 radical (unpaired) electrons. The summed E-state index contributed by atoms with van der Waals surface area (Å²) in [7, 11) is 0. The van der Waals surface area contributed by atoms with E-state index in [1.807, 2.05) is 11.8 Å². The van der Waals surface area contributed by atoms with E-state index < -0.39 is 0 Å². The Bertz CT molecular complexity index is 2360. The third kappa shape index (κ3) is 4.51. The lowest BCUT2D eigenvalue weighted by atomic mass is 9.96. The second-order valence-electron chi connectivity index (χ2n) is 11.8. The highest BCUT2D eigenvalue weighted by Gasteiger charge is 2.27. The number of thioether (sulfide) groups is 1. The standard InChI is InChI=1S/C43H30N2S/c1-3-13-31(14-4-1)43-44-41-38-20-10-9-19-36(38)37-27-24-32(28-39(37)42(41)46-43)29-22-25-34(26-23-29)45(33-16-5-2-6-17-33)40-21-11-15-30-12-7-8-18-35(30)40/h1-28,43-44H. The van der Waals surface area contributed by atoms with Gasteiger partial charge in [0.1, 0.15) is 5.37 Å². The maximum atomic E-state index is 3.87. The van der Waals surface area contributed by atoms with Gasteiger partial charge in [-0.3, -0.25) is 0 Å². The van der Waals surface area contributed by atoms with Crippen molar-refractivity contribution in [1.29, 1.82) is 0 Å². The lowest BCUT2D eigenvalue weighted by Crippen LogP contribution is -2.10. The molecule has 0 saturated carbocycles. The Hall–Kier alpha value is -5.51. The van der Waals surface area contributed by atoms with E-state index in [1.165, 1.54) is 65.3 Å². The molecular weight excluding hydrogens is 577 g/mol. The molecule has 0 saturated heterocycles. The molecule has 8 aromatic rings. The van der Waals surface area contributed by atoms with Gasteiger partial charge in [0.05, 0.1) is 11.4 Å². The maximum absolute atomic E-state index is 3.87. The first-order chi connectivity index (χ1) is 22.8. The van der Waals surface area contributed by atoms with Crippen LogP contribution < -0.4 is 10.2 Å². The van der Waals surface area contributed by atoms with Crippen molar-refractivity contribution < 1.29 is 0 Å². The molecule has 3 heteroatoms. The van der Waals surface area contributed by atoms with Crippen molar-refractivity contribution in [3.63, 3.8) is 0 Å². The molecule has 218 valence electrons. The number of rotatable bonds is 5. The van der Waals surface area contributed by atoms with Gasteiger partial charge < -0.3 is 10.2 Å². The van der Waals surface area contributed by atoms with Crippen LogP contribution in [0.1, 0.15) is 10.9 Å². The third-order valence-electron chi connectivity index (χ3n) is 9.07. The molecular formula is C43H30N2S. The molecule has 1 heterocycles. The van der Waals surface area contributed by atoms with Crippen LogP contribution in [0.15, 0.2) is 175 Å². The summed E-state index contributed by atoms with van der Waals surface area (Å²) in [6.07, 6.45) is 0. The Morgan fingerprint density at radius 1 is 0.457 bits per heavy atom. The number of hydrogen-bond donors (Lipinski definition) is 1. The monoisotopic (exact) mass is 606 g/mol. The predicted molar refractivity (Wildman–Crippen MR) is 198 cm³/mol. The van der Waals surface area contributed by atoms with E-state index in [0.29, 0.717) is 0 Å². The van der Waals surface area contributed by atoms with Crippen molar-refractivity contribution in [3.05, 3.63) is 175 Å². The molecule has 9 rings (SSSR count). The van der Waals surface area contributed by atoms with Gasteiger partial charge in [0.2, 0.25) is 0 Å². The molecule has 0 aromatic heterocycles.